The van der Waals surface area contributed by atoms with Crippen LogP contribution in [0, 0.1) is 16.5 Å². The zero-order valence-corrected chi connectivity index (χ0v) is 19.1. The van der Waals surface area contributed by atoms with Gasteiger partial charge in [-0.15, -0.1) is 0 Å². The molecule has 4 rings (SSSR count). The van der Waals surface area contributed by atoms with E-state index in [0.29, 0.717) is 35.5 Å². The average Bonchev–Trinajstić information content (AvgIpc) is 2.78. The van der Waals surface area contributed by atoms with E-state index in [2.05, 4.69) is 23.7 Å². The van der Waals surface area contributed by atoms with Crippen LogP contribution in [0.1, 0.15) is 30.6 Å². The van der Waals surface area contributed by atoms with Crippen molar-refractivity contribution >= 4 is 29.0 Å². The van der Waals surface area contributed by atoms with Gasteiger partial charge in [-0.05, 0) is 61.4 Å². The highest BCUT2D eigenvalue weighted by Gasteiger charge is 2.22. The quantitative estimate of drug-likeness (QED) is 0.592. The molecule has 1 saturated heterocycles. The summed E-state index contributed by atoms with van der Waals surface area (Å²) in [6.07, 6.45) is 1.16. The van der Waals surface area contributed by atoms with Gasteiger partial charge in [-0.2, -0.15) is 0 Å². The van der Waals surface area contributed by atoms with E-state index >= 15 is 0 Å². The number of nitrogens with one attached hydrogen (secondary N) is 1. The van der Waals surface area contributed by atoms with Crippen LogP contribution in [0.3, 0.4) is 0 Å². The van der Waals surface area contributed by atoms with Crippen molar-refractivity contribution < 1.29 is 9.18 Å². The number of hydrogen-bond acceptors (Lipinski definition) is 4. The van der Waals surface area contributed by atoms with Crippen molar-refractivity contribution in [1.29, 1.82) is 0 Å². The third kappa shape index (κ3) is 4.52. The standard InChI is InChI=1S/C24H27FN4O2S/c1-16(2)9-10-27-11-13-28(14-12-27)22(30)17-7-8-18-20(15-17)26-24(32)29(23(18)31)21-6-4-3-5-19(21)25/h3-8,15-16H,9-14H2,1-2H3,(H,26,32). The molecule has 1 aromatic heterocycles. The lowest BCUT2D eigenvalue weighted by molar-refractivity contribution is 0.0632. The summed E-state index contributed by atoms with van der Waals surface area (Å²) in [4.78, 5) is 33.3. The minimum Gasteiger partial charge on any atom is -0.336 e. The Morgan fingerprint density at radius 3 is 2.53 bits per heavy atom. The van der Waals surface area contributed by atoms with Gasteiger partial charge in [-0.25, -0.2) is 8.96 Å². The third-order valence-corrected chi connectivity index (χ3v) is 6.20. The molecule has 1 amide bonds. The molecule has 0 spiro atoms. The van der Waals surface area contributed by atoms with Crippen LogP contribution < -0.4 is 5.56 Å². The summed E-state index contributed by atoms with van der Waals surface area (Å²) < 4.78 is 15.5. The molecular formula is C24H27FN4O2S. The number of hydrogen-bond donors (Lipinski definition) is 1. The van der Waals surface area contributed by atoms with Crippen LogP contribution >= 0.6 is 12.2 Å². The second-order valence-electron chi connectivity index (χ2n) is 8.60. The van der Waals surface area contributed by atoms with E-state index in [0.717, 1.165) is 30.6 Å². The number of nitrogens with zero attached hydrogens (tertiary/aromatic N) is 3. The van der Waals surface area contributed by atoms with Crippen molar-refractivity contribution in [1.82, 2.24) is 19.4 Å². The molecule has 1 aliphatic heterocycles. The largest absolute Gasteiger partial charge is 0.336 e. The minimum atomic E-state index is -0.534. The molecule has 0 atom stereocenters. The SMILES string of the molecule is CC(C)CCN1CCN(C(=O)c2ccc3c(=O)n(-c4ccccc4F)c(=S)[nH]c3c2)CC1. The van der Waals surface area contributed by atoms with Crippen molar-refractivity contribution in [3.8, 4) is 5.69 Å². The number of benzene rings is 2. The number of aromatic amines is 1. The maximum absolute atomic E-state index is 14.3. The molecule has 0 aliphatic carbocycles. The van der Waals surface area contributed by atoms with E-state index in [1.54, 1.807) is 30.3 Å². The second-order valence-corrected chi connectivity index (χ2v) is 8.99. The molecule has 8 heteroatoms. The third-order valence-electron chi connectivity index (χ3n) is 5.92. The van der Waals surface area contributed by atoms with Crippen LogP contribution in [0.2, 0.25) is 0 Å². The van der Waals surface area contributed by atoms with Crippen molar-refractivity contribution in [2.45, 2.75) is 20.3 Å². The number of fused-ring (bicyclic) bond motifs is 1. The number of aromatic nitrogens is 2. The zero-order chi connectivity index (χ0) is 22.8. The molecule has 0 bridgehead atoms. The molecule has 1 fully saturated rings. The van der Waals surface area contributed by atoms with E-state index in [4.69, 9.17) is 12.2 Å². The molecule has 0 unspecified atom stereocenters. The molecular weight excluding hydrogens is 427 g/mol. The first-order valence-electron chi connectivity index (χ1n) is 10.9. The lowest BCUT2D eigenvalue weighted by atomic mass is 10.1. The Kier molecular flexibility index (Phi) is 6.53. The smallest absolute Gasteiger partial charge is 0.266 e. The van der Waals surface area contributed by atoms with Gasteiger partial charge in [0.2, 0.25) is 0 Å². The molecule has 6 nitrogen and oxygen atoms in total. The van der Waals surface area contributed by atoms with Crippen LogP contribution in [0.5, 0.6) is 0 Å². The van der Waals surface area contributed by atoms with Crippen LogP contribution in [0.15, 0.2) is 47.3 Å². The van der Waals surface area contributed by atoms with Gasteiger partial charge in [-0.1, -0.05) is 26.0 Å². The highest BCUT2D eigenvalue weighted by molar-refractivity contribution is 7.71. The Morgan fingerprint density at radius 1 is 1.12 bits per heavy atom. The number of rotatable bonds is 5. The summed E-state index contributed by atoms with van der Waals surface area (Å²) in [5.41, 5.74) is 0.638. The molecule has 2 heterocycles. The van der Waals surface area contributed by atoms with Gasteiger partial charge >= 0.3 is 0 Å². The predicted molar refractivity (Wildman–Crippen MR) is 126 cm³/mol. The molecule has 0 saturated carbocycles. The molecule has 32 heavy (non-hydrogen) atoms. The molecule has 2 aromatic carbocycles. The first-order valence-corrected chi connectivity index (χ1v) is 11.3. The number of carbonyl (C=O) groups excluding carboxylic acids is 1. The molecule has 0 radical (unpaired) electrons. The van der Waals surface area contributed by atoms with Crippen LogP contribution in [-0.2, 0) is 0 Å². The number of para-hydroxylation sites is 1. The topological polar surface area (TPSA) is 61.3 Å². The van der Waals surface area contributed by atoms with Gasteiger partial charge in [0.1, 0.15) is 5.82 Å². The lowest BCUT2D eigenvalue weighted by Gasteiger charge is -2.35. The first kappa shape index (κ1) is 22.4. The number of H-pyrrole nitrogens is 1. The molecule has 3 aromatic rings. The molecule has 1 aliphatic rings. The number of piperazine rings is 1. The first-order chi connectivity index (χ1) is 15.3. The Labute approximate surface area is 191 Å². The Bertz CT molecular complexity index is 1260. The monoisotopic (exact) mass is 454 g/mol. The Morgan fingerprint density at radius 2 is 1.84 bits per heavy atom. The molecule has 1 N–H and O–H groups in total. The van der Waals surface area contributed by atoms with Crippen molar-refractivity contribution in [3.63, 3.8) is 0 Å². The van der Waals surface area contributed by atoms with Gasteiger partial charge in [-0.3, -0.25) is 14.5 Å². The second kappa shape index (κ2) is 9.34. The predicted octanol–water partition coefficient (Wildman–Crippen LogP) is 3.99. The van der Waals surface area contributed by atoms with Gasteiger partial charge in [0.05, 0.1) is 16.6 Å². The van der Waals surface area contributed by atoms with Crippen LogP contribution in [0.4, 0.5) is 4.39 Å². The fourth-order valence-corrected chi connectivity index (χ4v) is 4.29. The summed E-state index contributed by atoms with van der Waals surface area (Å²) in [6.45, 7) is 8.58. The van der Waals surface area contributed by atoms with E-state index < -0.39 is 11.4 Å². The van der Waals surface area contributed by atoms with Gasteiger partial charge in [0.15, 0.2) is 4.77 Å². The molecule has 168 valence electrons. The van der Waals surface area contributed by atoms with E-state index in [1.165, 1.54) is 12.1 Å². The van der Waals surface area contributed by atoms with Crippen LogP contribution in [-0.4, -0.2) is 58.0 Å². The van der Waals surface area contributed by atoms with Crippen molar-refractivity contribution in [3.05, 3.63) is 69.0 Å². The normalized spacial score (nSPS) is 14.9. The minimum absolute atomic E-state index is 0.0620. The summed E-state index contributed by atoms with van der Waals surface area (Å²) in [5.74, 6) is 0.0709. The van der Waals surface area contributed by atoms with Crippen molar-refractivity contribution in [2.24, 2.45) is 5.92 Å². The Hall–Kier alpha value is -2.84. The van der Waals surface area contributed by atoms with E-state index in [1.807, 2.05) is 4.90 Å². The van der Waals surface area contributed by atoms with E-state index in [-0.39, 0.29) is 16.4 Å². The summed E-state index contributed by atoms with van der Waals surface area (Å²) in [7, 11) is 0. The fraction of sp³-hybridized carbons (Fsp3) is 0.375. The highest BCUT2D eigenvalue weighted by Crippen LogP contribution is 2.17. The summed E-state index contributed by atoms with van der Waals surface area (Å²) in [5, 5.41) is 0.344. The maximum Gasteiger partial charge on any atom is 0.266 e. The highest BCUT2D eigenvalue weighted by atomic mass is 32.1. The number of carbonyl (C=O) groups is 1. The summed E-state index contributed by atoms with van der Waals surface area (Å²) in [6, 6.07) is 10.9. The van der Waals surface area contributed by atoms with Gasteiger partial charge < -0.3 is 9.88 Å². The Balaban J connectivity index is 1.58. The fourth-order valence-electron chi connectivity index (χ4n) is 4.00. The number of halogens is 1. The average molecular weight is 455 g/mol. The zero-order valence-electron chi connectivity index (χ0n) is 18.3. The number of amides is 1. The van der Waals surface area contributed by atoms with Gasteiger partial charge in [0.25, 0.3) is 11.5 Å². The maximum atomic E-state index is 14.3. The van der Waals surface area contributed by atoms with E-state index in [9.17, 15) is 14.0 Å². The summed E-state index contributed by atoms with van der Waals surface area (Å²) >= 11 is 5.34. The van der Waals surface area contributed by atoms with Crippen molar-refractivity contribution in [2.75, 3.05) is 32.7 Å². The van der Waals surface area contributed by atoms with Crippen LogP contribution in [0.25, 0.3) is 16.6 Å². The lowest BCUT2D eigenvalue weighted by Crippen LogP contribution is -2.49. The van der Waals surface area contributed by atoms with Gasteiger partial charge in [0, 0.05) is 31.7 Å².